The van der Waals surface area contributed by atoms with Crippen LogP contribution >= 0.6 is 0 Å². The molecule has 1 saturated heterocycles. The van der Waals surface area contributed by atoms with Crippen LogP contribution in [0.25, 0.3) is 22.3 Å². The molecule has 0 aromatic carbocycles. The molecule has 0 aliphatic carbocycles. The number of rotatable bonds is 3. The lowest BCUT2D eigenvalue weighted by Gasteiger charge is -2.20. The SMILES string of the molecule is CC(=O)N[C@@H]1CN(c2ccnc3[nH]cc(-c4ccnc(N)n4)c23)C[C@H]1C. The maximum atomic E-state index is 11.5. The lowest BCUT2D eigenvalue weighted by Crippen LogP contribution is -2.38. The molecule has 1 aliphatic heterocycles. The van der Waals surface area contributed by atoms with Crippen LogP contribution in [0.3, 0.4) is 0 Å². The van der Waals surface area contributed by atoms with Crippen molar-refractivity contribution in [2.24, 2.45) is 5.92 Å². The highest BCUT2D eigenvalue weighted by molar-refractivity contribution is 6.02. The second-order valence-corrected chi connectivity index (χ2v) is 6.75. The second kappa shape index (κ2) is 6.29. The van der Waals surface area contributed by atoms with Gasteiger partial charge in [0.1, 0.15) is 5.65 Å². The first-order valence-electron chi connectivity index (χ1n) is 8.60. The standard InChI is InChI=1S/C18H21N7O/c1-10-8-25(9-14(10)23-11(2)26)15-4-6-20-17-16(15)12(7-22-17)13-3-5-21-18(19)24-13/h3-7,10,14H,8-9H2,1-2H3,(H,20,22)(H,23,26)(H2,19,21,24)/t10-,14-/m1/s1. The summed E-state index contributed by atoms with van der Waals surface area (Å²) in [6, 6.07) is 3.98. The Morgan fingerprint density at radius 2 is 2.12 bits per heavy atom. The van der Waals surface area contributed by atoms with E-state index in [0.717, 1.165) is 41.1 Å². The highest BCUT2D eigenvalue weighted by Crippen LogP contribution is 2.36. The Morgan fingerprint density at radius 1 is 1.31 bits per heavy atom. The Bertz CT molecular complexity index is 967. The van der Waals surface area contributed by atoms with Crippen molar-refractivity contribution >= 4 is 28.6 Å². The first kappa shape index (κ1) is 16.3. The van der Waals surface area contributed by atoms with Crippen molar-refractivity contribution in [2.45, 2.75) is 19.9 Å². The van der Waals surface area contributed by atoms with E-state index < -0.39 is 0 Å². The van der Waals surface area contributed by atoms with Gasteiger partial charge in [0.15, 0.2) is 0 Å². The molecular weight excluding hydrogens is 330 g/mol. The topological polar surface area (TPSA) is 113 Å². The van der Waals surface area contributed by atoms with Gasteiger partial charge in [-0.05, 0) is 18.1 Å². The Hall–Kier alpha value is -3.16. The van der Waals surface area contributed by atoms with Gasteiger partial charge in [-0.3, -0.25) is 4.79 Å². The molecule has 0 spiro atoms. The zero-order chi connectivity index (χ0) is 18.3. The molecule has 134 valence electrons. The maximum absolute atomic E-state index is 11.5. The Labute approximate surface area is 150 Å². The van der Waals surface area contributed by atoms with Crippen molar-refractivity contribution < 1.29 is 4.79 Å². The van der Waals surface area contributed by atoms with E-state index in [-0.39, 0.29) is 17.9 Å². The van der Waals surface area contributed by atoms with Crippen LogP contribution in [0.4, 0.5) is 11.6 Å². The van der Waals surface area contributed by atoms with Crippen LogP contribution < -0.4 is 16.0 Å². The number of aromatic amines is 1. The van der Waals surface area contributed by atoms with Crippen LogP contribution in [0, 0.1) is 5.92 Å². The number of carbonyl (C=O) groups is 1. The van der Waals surface area contributed by atoms with Crippen molar-refractivity contribution in [1.82, 2.24) is 25.3 Å². The van der Waals surface area contributed by atoms with Gasteiger partial charge >= 0.3 is 0 Å². The van der Waals surface area contributed by atoms with Crippen LogP contribution in [-0.4, -0.2) is 45.0 Å². The number of amides is 1. The third-order valence-electron chi connectivity index (χ3n) is 4.84. The lowest BCUT2D eigenvalue weighted by molar-refractivity contribution is -0.119. The summed E-state index contributed by atoms with van der Waals surface area (Å²) in [5, 5.41) is 4.05. The Morgan fingerprint density at radius 3 is 2.88 bits per heavy atom. The van der Waals surface area contributed by atoms with E-state index >= 15 is 0 Å². The van der Waals surface area contributed by atoms with Crippen LogP contribution in [0.5, 0.6) is 0 Å². The predicted molar refractivity (Wildman–Crippen MR) is 101 cm³/mol. The smallest absolute Gasteiger partial charge is 0.220 e. The molecule has 8 nitrogen and oxygen atoms in total. The minimum absolute atomic E-state index is 0.00219. The largest absolute Gasteiger partial charge is 0.368 e. The van der Waals surface area contributed by atoms with E-state index in [1.54, 1.807) is 19.3 Å². The van der Waals surface area contributed by atoms with Crippen LogP contribution in [0.15, 0.2) is 30.7 Å². The minimum atomic E-state index is 0.00219. The lowest BCUT2D eigenvalue weighted by atomic mass is 10.1. The zero-order valence-electron chi connectivity index (χ0n) is 14.7. The molecule has 8 heteroatoms. The van der Waals surface area contributed by atoms with E-state index in [0.29, 0.717) is 5.92 Å². The summed E-state index contributed by atoms with van der Waals surface area (Å²) in [6.07, 6.45) is 5.34. The summed E-state index contributed by atoms with van der Waals surface area (Å²) >= 11 is 0. The van der Waals surface area contributed by atoms with Gasteiger partial charge in [-0.15, -0.1) is 0 Å². The number of carbonyl (C=O) groups excluding carboxylic acids is 1. The summed E-state index contributed by atoms with van der Waals surface area (Å²) in [6.45, 7) is 5.34. The Kier molecular flexibility index (Phi) is 3.95. The third kappa shape index (κ3) is 2.83. The molecule has 0 saturated carbocycles. The fraction of sp³-hybridized carbons (Fsp3) is 0.333. The van der Waals surface area contributed by atoms with Gasteiger partial charge in [-0.2, -0.15) is 0 Å². The average molecular weight is 351 g/mol. The van der Waals surface area contributed by atoms with Crippen LogP contribution in [-0.2, 0) is 4.79 Å². The number of H-pyrrole nitrogens is 1. The van der Waals surface area contributed by atoms with E-state index in [9.17, 15) is 4.79 Å². The molecule has 4 N–H and O–H groups in total. The van der Waals surface area contributed by atoms with Crippen molar-refractivity contribution in [3.63, 3.8) is 0 Å². The van der Waals surface area contributed by atoms with E-state index in [2.05, 4.69) is 37.1 Å². The molecule has 0 unspecified atom stereocenters. The number of nitrogens with one attached hydrogen (secondary N) is 2. The molecule has 0 radical (unpaired) electrons. The number of nitrogens with two attached hydrogens (primary N) is 1. The van der Waals surface area contributed by atoms with Gasteiger partial charge in [0.2, 0.25) is 11.9 Å². The van der Waals surface area contributed by atoms with Gasteiger partial charge in [-0.25, -0.2) is 15.0 Å². The average Bonchev–Trinajstić information content (AvgIpc) is 3.18. The van der Waals surface area contributed by atoms with Gasteiger partial charge in [0.25, 0.3) is 0 Å². The first-order valence-corrected chi connectivity index (χ1v) is 8.60. The molecule has 1 amide bonds. The normalized spacial score (nSPS) is 19.8. The molecule has 1 aliphatic rings. The number of pyridine rings is 1. The van der Waals surface area contributed by atoms with Gasteiger partial charge in [-0.1, -0.05) is 6.92 Å². The molecule has 4 heterocycles. The van der Waals surface area contributed by atoms with Crippen molar-refractivity contribution in [1.29, 1.82) is 0 Å². The summed E-state index contributed by atoms with van der Waals surface area (Å²) in [4.78, 5) is 29.7. The number of aromatic nitrogens is 4. The summed E-state index contributed by atoms with van der Waals surface area (Å²) in [5.74, 6) is 0.601. The zero-order valence-corrected chi connectivity index (χ0v) is 14.7. The highest BCUT2D eigenvalue weighted by Gasteiger charge is 2.31. The fourth-order valence-electron chi connectivity index (χ4n) is 3.64. The second-order valence-electron chi connectivity index (χ2n) is 6.75. The quantitative estimate of drug-likeness (QED) is 0.660. The monoisotopic (exact) mass is 351 g/mol. The number of fused-ring (bicyclic) bond motifs is 1. The first-order chi connectivity index (χ1) is 12.5. The highest BCUT2D eigenvalue weighted by atomic mass is 16.1. The molecular formula is C18H21N7O. The van der Waals surface area contributed by atoms with Crippen LogP contribution in [0.2, 0.25) is 0 Å². The van der Waals surface area contributed by atoms with Crippen molar-refractivity contribution in [3.05, 3.63) is 30.7 Å². The maximum Gasteiger partial charge on any atom is 0.220 e. The van der Waals surface area contributed by atoms with E-state index in [1.165, 1.54) is 0 Å². The van der Waals surface area contributed by atoms with E-state index in [4.69, 9.17) is 5.73 Å². The molecule has 26 heavy (non-hydrogen) atoms. The Balaban J connectivity index is 1.77. The molecule has 2 atom stereocenters. The number of anilines is 2. The van der Waals surface area contributed by atoms with Gasteiger partial charge in [0, 0.05) is 44.2 Å². The predicted octanol–water partition coefficient (Wildman–Crippen LogP) is 1.56. The van der Waals surface area contributed by atoms with E-state index in [1.807, 2.05) is 18.3 Å². The van der Waals surface area contributed by atoms with Crippen molar-refractivity contribution in [3.8, 4) is 11.3 Å². The fourth-order valence-corrected chi connectivity index (χ4v) is 3.64. The summed E-state index contributed by atoms with van der Waals surface area (Å²) in [7, 11) is 0. The molecule has 3 aromatic heterocycles. The van der Waals surface area contributed by atoms with Gasteiger partial charge in [0.05, 0.1) is 22.8 Å². The summed E-state index contributed by atoms with van der Waals surface area (Å²) < 4.78 is 0. The van der Waals surface area contributed by atoms with Crippen molar-refractivity contribution in [2.75, 3.05) is 23.7 Å². The third-order valence-corrected chi connectivity index (χ3v) is 4.84. The molecule has 0 bridgehead atoms. The minimum Gasteiger partial charge on any atom is -0.368 e. The van der Waals surface area contributed by atoms with Crippen LogP contribution in [0.1, 0.15) is 13.8 Å². The molecule has 3 aromatic rings. The van der Waals surface area contributed by atoms with Gasteiger partial charge < -0.3 is 20.9 Å². The molecule has 4 rings (SSSR count). The molecule has 1 fully saturated rings. The summed E-state index contributed by atoms with van der Waals surface area (Å²) in [5.41, 5.74) is 9.31. The number of nitrogen functional groups attached to an aromatic ring is 1. The number of hydrogen-bond acceptors (Lipinski definition) is 6. The number of hydrogen-bond donors (Lipinski definition) is 3. The number of nitrogens with zero attached hydrogens (tertiary/aromatic N) is 4.